The summed E-state index contributed by atoms with van der Waals surface area (Å²) < 4.78 is 21.7. The molecular weight excluding hydrogens is 356 g/mol. The predicted molar refractivity (Wildman–Crippen MR) is 108 cm³/mol. The summed E-state index contributed by atoms with van der Waals surface area (Å²) in [5.74, 6) is 1.21. The summed E-state index contributed by atoms with van der Waals surface area (Å²) in [6.07, 6.45) is 3.04. The average molecular weight is 374 g/mol. The van der Waals surface area contributed by atoms with Gasteiger partial charge in [0, 0.05) is 16.8 Å². The van der Waals surface area contributed by atoms with Gasteiger partial charge < -0.3 is 18.6 Å². The monoisotopic (exact) mass is 374 g/mol. The normalized spacial score (nSPS) is 11.2. The van der Waals surface area contributed by atoms with Gasteiger partial charge in [0.1, 0.15) is 16.9 Å². The van der Waals surface area contributed by atoms with Crippen LogP contribution in [0.2, 0.25) is 0 Å². The number of para-hydroxylation sites is 1. The van der Waals surface area contributed by atoms with Crippen LogP contribution in [0, 0.1) is 0 Å². The van der Waals surface area contributed by atoms with E-state index in [1.807, 2.05) is 36.4 Å². The molecule has 0 aliphatic rings. The molecule has 0 N–H and O–H groups in total. The number of carbonyl (C=O) groups excluding carboxylic acids is 1. The van der Waals surface area contributed by atoms with Crippen LogP contribution in [0.4, 0.5) is 0 Å². The second kappa shape index (κ2) is 7.48. The van der Waals surface area contributed by atoms with Crippen molar-refractivity contribution in [2.24, 2.45) is 0 Å². The number of furan rings is 1. The topological polar surface area (TPSA) is 57.9 Å². The van der Waals surface area contributed by atoms with E-state index in [1.54, 1.807) is 44.6 Å². The highest BCUT2D eigenvalue weighted by Crippen LogP contribution is 2.31. The third-order valence-corrected chi connectivity index (χ3v) is 4.39. The largest absolute Gasteiger partial charge is 0.493 e. The van der Waals surface area contributed by atoms with Crippen molar-refractivity contribution in [2.45, 2.75) is 0 Å². The molecular formula is C23H18O5. The van der Waals surface area contributed by atoms with Crippen molar-refractivity contribution in [1.82, 2.24) is 0 Å². The van der Waals surface area contributed by atoms with Crippen LogP contribution in [-0.4, -0.2) is 20.2 Å². The van der Waals surface area contributed by atoms with Crippen LogP contribution in [0.3, 0.4) is 0 Å². The van der Waals surface area contributed by atoms with Crippen LogP contribution < -0.4 is 14.2 Å². The molecule has 4 aromatic rings. The van der Waals surface area contributed by atoms with E-state index in [9.17, 15) is 4.79 Å². The lowest BCUT2D eigenvalue weighted by Crippen LogP contribution is -2.03. The Morgan fingerprint density at radius 2 is 1.64 bits per heavy atom. The van der Waals surface area contributed by atoms with Gasteiger partial charge in [0.2, 0.25) is 0 Å². The van der Waals surface area contributed by atoms with Crippen LogP contribution in [0.15, 0.2) is 71.2 Å². The van der Waals surface area contributed by atoms with E-state index in [0.29, 0.717) is 17.2 Å². The number of esters is 1. The molecule has 0 saturated heterocycles. The highest BCUT2D eigenvalue weighted by atomic mass is 16.5. The van der Waals surface area contributed by atoms with Gasteiger partial charge in [-0.1, -0.05) is 24.3 Å². The van der Waals surface area contributed by atoms with E-state index in [2.05, 4.69) is 0 Å². The highest BCUT2D eigenvalue weighted by Gasteiger charge is 2.09. The Balaban J connectivity index is 1.53. The zero-order chi connectivity index (χ0) is 19.5. The Morgan fingerprint density at radius 3 is 2.46 bits per heavy atom. The van der Waals surface area contributed by atoms with Crippen molar-refractivity contribution in [3.8, 4) is 17.2 Å². The number of benzene rings is 3. The fraction of sp³-hybridized carbons (Fsp3) is 0.0870. The van der Waals surface area contributed by atoms with E-state index in [0.717, 1.165) is 27.5 Å². The predicted octanol–water partition coefficient (Wildman–Crippen LogP) is 5.22. The van der Waals surface area contributed by atoms with E-state index >= 15 is 0 Å². The van der Waals surface area contributed by atoms with Crippen molar-refractivity contribution in [3.05, 3.63) is 72.3 Å². The minimum atomic E-state index is -0.470. The zero-order valence-corrected chi connectivity index (χ0v) is 15.5. The molecule has 0 atom stereocenters. The van der Waals surface area contributed by atoms with Crippen molar-refractivity contribution in [3.63, 3.8) is 0 Å². The van der Waals surface area contributed by atoms with Crippen LogP contribution in [0.5, 0.6) is 17.2 Å². The molecule has 28 heavy (non-hydrogen) atoms. The molecule has 0 aliphatic heterocycles. The summed E-state index contributed by atoms with van der Waals surface area (Å²) in [4.78, 5) is 12.2. The molecule has 0 amide bonds. The first-order valence-electron chi connectivity index (χ1n) is 8.71. The number of fused-ring (bicyclic) bond motifs is 3. The number of ether oxygens (including phenoxy) is 3. The van der Waals surface area contributed by atoms with Crippen LogP contribution in [0.1, 0.15) is 5.56 Å². The molecule has 5 nitrogen and oxygen atoms in total. The summed E-state index contributed by atoms with van der Waals surface area (Å²) in [6, 6.07) is 18.5. The minimum absolute atomic E-state index is 0.459. The van der Waals surface area contributed by atoms with Gasteiger partial charge in [0.15, 0.2) is 11.5 Å². The van der Waals surface area contributed by atoms with Gasteiger partial charge in [-0.25, -0.2) is 4.79 Å². The number of hydrogen-bond donors (Lipinski definition) is 0. The Labute approximate surface area is 161 Å². The first-order valence-corrected chi connectivity index (χ1v) is 8.71. The van der Waals surface area contributed by atoms with Crippen LogP contribution >= 0.6 is 0 Å². The SMILES string of the molecule is COc1ccc(C=CC(=O)Oc2ccc3oc4ccccc4c3c2)cc1OC. The summed E-state index contributed by atoms with van der Waals surface area (Å²) in [7, 11) is 3.14. The lowest BCUT2D eigenvalue weighted by Gasteiger charge is -2.07. The Bertz CT molecular complexity index is 1190. The van der Waals surface area contributed by atoms with Gasteiger partial charge >= 0.3 is 5.97 Å². The Morgan fingerprint density at radius 1 is 0.857 bits per heavy atom. The number of rotatable bonds is 5. The maximum absolute atomic E-state index is 12.2. The molecule has 0 aliphatic carbocycles. The average Bonchev–Trinajstić information content (AvgIpc) is 3.10. The molecule has 0 bridgehead atoms. The molecule has 140 valence electrons. The molecule has 0 saturated carbocycles. The number of carbonyl (C=O) groups is 1. The lowest BCUT2D eigenvalue weighted by molar-refractivity contribution is -0.128. The summed E-state index contributed by atoms with van der Waals surface area (Å²) in [5, 5.41) is 1.89. The van der Waals surface area contributed by atoms with E-state index in [1.165, 1.54) is 6.08 Å². The van der Waals surface area contributed by atoms with E-state index in [-0.39, 0.29) is 0 Å². The van der Waals surface area contributed by atoms with Crippen molar-refractivity contribution in [1.29, 1.82) is 0 Å². The molecule has 1 heterocycles. The summed E-state index contributed by atoms with van der Waals surface area (Å²) in [6.45, 7) is 0. The number of methoxy groups -OCH3 is 2. The van der Waals surface area contributed by atoms with E-state index < -0.39 is 5.97 Å². The van der Waals surface area contributed by atoms with Crippen LogP contribution in [-0.2, 0) is 4.79 Å². The first kappa shape index (κ1) is 17.7. The molecule has 0 spiro atoms. The molecule has 0 fully saturated rings. The molecule has 1 aromatic heterocycles. The fourth-order valence-corrected chi connectivity index (χ4v) is 3.04. The maximum atomic E-state index is 12.2. The van der Waals surface area contributed by atoms with Gasteiger partial charge in [-0.05, 0) is 48.0 Å². The van der Waals surface area contributed by atoms with E-state index in [4.69, 9.17) is 18.6 Å². The van der Waals surface area contributed by atoms with Gasteiger partial charge in [-0.15, -0.1) is 0 Å². The quantitative estimate of drug-likeness (QED) is 0.272. The van der Waals surface area contributed by atoms with Gasteiger partial charge in [0.05, 0.1) is 14.2 Å². The first-order chi connectivity index (χ1) is 13.7. The fourth-order valence-electron chi connectivity index (χ4n) is 3.04. The van der Waals surface area contributed by atoms with Crippen molar-refractivity contribution < 1.29 is 23.4 Å². The highest BCUT2D eigenvalue weighted by molar-refractivity contribution is 6.05. The Kier molecular flexibility index (Phi) is 4.72. The minimum Gasteiger partial charge on any atom is -0.493 e. The second-order valence-corrected chi connectivity index (χ2v) is 6.13. The molecule has 5 heteroatoms. The Hall–Kier alpha value is -3.73. The smallest absolute Gasteiger partial charge is 0.336 e. The second-order valence-electron chi connectivity index (χ2n) is 6.13. The van der Waals surface area contributed by atoms with Gasteiger partial charge in [0.25, 0.3) is 0 Å². The molecule has 0 radical (unpaired) electrons. The maximum Gasteiger partial charge on any atom is 0.336 e. The molecule has 0 unspecified atom stereocenters. The molecule has 4 rings (SSSR count). The number of hydrogen-bond acceptors (Lipinski definition) is 5. The molecule has 3 aromatic carbocycles. The third-order valence-electron chi connectivity index (χ3n) is 4.39. The lowest BCUT2D eigenvalue weighted by atomic mass is 10.1. The van der Waals surface area contributed by atoms with Crippen molar-refractivity contribution >= 4 is 34.0 Å². The third kappa shape index (κ3) is 3.42. The van der Waals surface area contributed by atoms with Gasteiger partial charge in [-0.3, -0.25) is 0 Å². The van der Waals surface area contributed by atoms with Gasteiger partial charge in [-0.2, -0.15) is 0 Å². The van der Waals surface area contributed by atoms with Crippen molar-refractivity contribution in [2.75, 3.05) is 14.2 Å². The standard InChI is InChI=1S/C23H18O5/c1-25-21-10-7-15(13-22(21)26-2)8-12-23(24)27-16-9-11-20-18(14-16)17-5-3-4-6-19(17)28-20/h3-14H,1-2H3. The summed E-state index contributed by atoms with van der Waals surface area (Å²) >= 11 is 0. The van der Waals surface area contributed by atoms with Crippen LogP contribution in [0.25, 0.3) is 28.0 Å². The zero-order valence-electron chi connectivity index (χ0n) is 15.5. The summed E-state index contributed by atoms with van der Waals surface area (Å²) in [5.41, 5.74) is 2.35.